The minimum Gasteiger partial charge on any atom is -0.493 e. The van der Waals surface area contributed by atoms with Crippen molar-refractivity contribution in [3.63, 3.8) is 0 Å². The SMILES string of the molecule is COc1ccc([C@@H]2CC(=O)C3=C(C2)NC(C)=C(C(=O)OC(C)C)[C@@H]3c2ccccc2OCc2ccccc2)cc1OC. The lowest BCUT2D eigenvalue weighted by atomic mass is 9.71. The monoisotopic (exact) mass is 567 g/mol. The zero-order valence-electron chi connectivity index (χ0n) is 24.7. The van der Waals surface area contributed by atoms with Crippen LogP contribution in [-0.4, -0.2) is 32.1 Å². The molecule has 7 heteroatoms. The molecule has 1 heterocycles. The average Bonchev–Trinajstić information content (AvgIpc) is 2.99. The van der Waals surface area contributed by atoms with Crippen molar-refractivity contribution in [2.45, 2.75) is 58.2 Å². The van der Waals surface area contributed by atoms with E-state index in [-0.39, 0.29) is 17.8 Å². The number of Topliss-reactive ketones (excluding diaryl/α,β-unsaturated/α-hetero) is 1. The molecule has 2 aliphatic rings. The quantitative estimate of drug-likeness (QED) is 0.292. The Kier molecular flexibility index (Phi) is 8.67. The molecule has 0 radical (unpaired) electrons. The van der Waals surface area contributed by atoms with Crippen molar-refractivity contribution in [2.75, 3.05) is 14.2 Å². The number of benzene rings is 3. The van der Waals surface area contributed by atoms with Crippen LogP contribution in [0.25, 0.3) is 0 Å². The highest BCUT2D eigenvalue weighted by atomic mass is 16.5. The molecule has 0 unspecified atom stereocenters. The van der Waals surface area contributed by atoms with Gasteiger partial charge in [0.1, 0.15) is 12.4 Å². The molecule has 3 aromatic carbocycles. The van der Waals surface area contributed by atoms with Crippen LogP contribution in [0, 0.1) is 0 Å². The fourth-order valence-electron chi connectivity index (χ4n) is 5.83. The molecule has 0 bridgehead atoms. The van der Waals surface area contributed by atoms with E-state index in [1.54, 1.807) is 14.2 Å². The Morgan fingerprint density at radius 3 is 2.33 bits per heavy atom. The number of hydrogen-bond acceptors (Lipinski definition) is 7. The molecule has 7 nitrogen and oxygen atoms in total. The summed E-state index contributed by atoms with van der Waals surface area (Å²) < 4.78 is 22.9. The fraction of sp³-hybridized carbons (Fsp3) is 0.314. The largest absolute Gasteiger partial charge is 0.493 e. The van der Waals surface area contributed by atoms with Gasteiger partial charge in [-0.2, -0.15) is 0 Å². The molecule has 1 N–H and O–H groups in total. The second-order valence-corrected chi connectivity index (χ2v) is 10.9. The van der Waals surface area contributed by atoms with E-state index in [2.05, 4.69) is 5.32 Å². The van der Waals surface area contributed by atoms with Crippen molar-refractivity contribution >= 4 is 11.8 Å². The third-order valence-corrected chi connectivity index (χ3v) is 7.74. The van der Waals surface area contributed by atoms with Crippen LogP contribution in [-0.2, 0) is 20.9 Å². The van der Waals surface area contributed by atoms with E-state index >= 15 is 0 Å². The van der Waals surface area contributed by atoms with Crippen molar-refractivity contribution in [1.29, 1.82) is 0 Å². The molecule has 5 rings (SSSR count). The molecule has 0 spiro atoms. The first-order valence-electron chi connectivity index (χ1n) is 14.2. The summed E-state index contributed by atoms with van der Waals surface area (Å²) >= 11 is 0. The molecule has 42 heavy (non-hydrogen) atoms. The Labute approximate surface area is 247 Å². The summed E-state index contributed by atoms with van der Waals surface area (Å²) in [6.45, 7) is 5.87. The molecule has 0 saturated heterocycles. The fourth-order valence-corrected chi connectivity index (χ4v) is 5.83. The van der Waals surface area contributed by atoms with E-state index in [0.717, 1.165) is 22.4 Å². The normalized spacial score (nSPS) is 18.4. The summed E-state index contributed by atoms with van der Waals surface area (Å²) in [6.07, 6.45) is 0.588. The Hall–Kier alpha value is -4.52. The number of carbonyl (C=O) groups excluding carboxylic acids is 2. The van der Waals surface area contributed by atoms with Gasteiger partial charge in [-0.1, -0.05) is 54.6 Å². The first kappa shape index (κ1) is 29.0. The van der Waals surface area contributed by atoms with E-state index < -0.39 is 11.9 Å². The summed E-state index contributed by atoms with van der Waals surface area (Å²) in [5.41, 5.74) is 5.27. The average molecular weight is 568 g/mol. The number of dihydropyridines is 1. The lowest BCUT2D eigenvalue weighted by Gasteiger charge is -2.37. The standard InChI is InChI=1S/C35H37NO6/c1-21(2)42-35(38)32-22(3)36-27-17-25(24-15-16-30(39-4)31(19-24)40-5)18-28(37)34(27)33(32)26-13-9-10-14-29(26)41-20-23-11-7-6-8-12-23/h6-16,19,21,25,33,36H,17-18,20H2,1-5H3/t25-,33-/m0/s1. The predicted molar refractivity (Wildman–Crippen MR) is 161 cm³/mol. The summed E-state index contributed by atoms with van der Waals surface area (Å²) in [4.78, 5) is 27.7. The Bertz CT molecular complexity index is 1540. The van der Waals surface area contributed by atoms with E-state index in [1.165, 1.54) is 0 Å². The van der Waals surface area contributed by atoms with Gasteiger partial charge in [-0.3, -0.25) is 4.79 Å². The highest BCUT2D eigenvalue weighted by Crippen LogP contribution is 2.48. The Morgan fingerprint density at radius 2 is 1.62 bits per heavy atom. The van der Waals surface area contributed by atoms with Gasteiger partial charge in [0.15, 0.2) is 17.3 Å². The van der Waals surface area contributed by atoms with E-state index in [4.69, 9.17) is 18.9 Å². The van der Waals surface area contributed by atoms with Gasteiger partial charge in [0.05, 0.1) is 31.8 Å². The summed E-state index contributed by atoms with van der Waals surface area (Å²) in [6, 6.07) is 23.3. The van der Waals surface area contributed by atoms with Gasteiger partial charge in [0.25, 0.3) is 0 Å². The summed E-state index contributed by atoms with van der Waals surface area (Å²) in [5.74, 6) is 0.726. The number of ketones is 1. The zero-order valence-corrected chi connectivity index (χ0v) is 24.7. The van der Waals surface area contributed by atoms with Crippen molar-refractivity contribution in [3.05, 3.63) is 112 Å². The molecule has 3 aromatic rings. The first-order valence-corrected chi connectivity index (χ1v) is 14.2. The molecular weight excluding hydrogens is 530 g/mol. The lowest BCUT2D eigenvalue weighted by molar-refractivity contribution is -0.143. The number of allylic oxidation sites excluding steroid dienone is 3. The number of para-hydroxylation sites is 1. The van der Waals surface area contributed by atoms with Crippen LogP contribution in [0.15, 0.2) is 95.3 Å². The molecule has 218 valence electrons. The van der Waals surface area contributed by atoms with Gasteiger partial charge in [-0.25, -0.2) is 4.79 Å². The topological polar surface area (TPSA) is 83.1 Å². The second kappa shape index (κ2) is 12.6. The van der Waals surface area contributed by atoms with Crippen LogP contribution in [0.4, 0.5) is 0 Å². The van der Waals surface area contributed by atoms with Crippen LogP contribution in [0.5, 0.6) is 17.2 Å². The van der Waals surface area contributed by atoms with Crippen LogP contribution >= 0.6 is 0 Å². The number of methoxy groups -OCH3 is 2. The number of ether oxygens (including phenoxy) is 4. The second-order valence-electron chi connectivity index (χ2n) is 10.9. The molecule has 0 aromatic heterocycles. The molecule has 0 amide bonds. The van der Waals surface area contributed by atoms with Gasteiger partial charge < -0.3 is 24.3 Å². The van der Waals surface area contributed by atoms with Crippen molar-refractivity contribution in [2.24, 2.45) is 0 Å². The molecule has 1 aliphatic carbocycles. The molecule has 0 fully saturated rings. The van der Waals surface area contributed by atoms with Crippen molar-refractivity contribution < 1.29 is 28.5 Å². The Morgan fingerprint density at radius 1 is 0.905 bits per heavy atom. The van der Waals surface area contributed by atoms with Gasteiger partial charge in [-0.05, 0) is 62.4 Å². The number of carbonyl (C=O) groups is 2. The van der Waals surface area contributed by atoms with Crippen molar-refractivity contribution in [1.82, 2.24) is 5.32 Å². The number of nitrogens with one attached hydrogen (secondary N) is 1. The lowest BCUT2D eigenvalue weighted by Crippen LogP contribution is -2.36. The zero-order chi connectivity index (χ0) is 29.8. The van der Waals surface area contributed by atoms with Gasteiger partial charge in [0, 0.05) is 29.0 Å². The van der Waals surface area contributed by atoms with Crippen LogP contribution in [0.3, 0.4) is 0 Å². The number of rotatable bonds is 9. The van der Waals surface area contributed by atoms with Gasteiger partial charge >= 0.3 is 5.97 Å². The molecule has 0 saturated carbocycles. The molecule has 1 aliphatic heterocycles. The molecule has 2 atom stereocenters. The maximum atomic E-state index is 14.1. The van der Waals surface area contributed by atoms with E-state index in [9.17, 15) is 9.59 Å². The van der Waals surface area contributed by atoms with Gasteiger partial charge in [0.2, 0.25) is 0 Å². The third-order valence-electron chi connectivity index (χ3n) is 7.74. The van der Waals surface area contributed by atoms with Crippen LogP contribution in [0.2, 0.25) is 0 Å². The first-order chi connectivity index (χ1) is 20.3. The summed E-state index contributed by atoms with van der Waals surface area (Å²) in [7, 11) is 3.20. The maximum Gasteiger partial charge on any atom is 0.337 e. The van der Waals surface area contributed by atoms with E-state index in [1.807, 2.05) is 93.6 Å². The Balaban J connectivity index is 1.56. The molecular formula is C35H37NO6. The van der Waals surface area contributed by atoms with Crippen LogP contribution in [0.1, 0.15) is 62.1 Å². The predicted octanol–water partition coefficient (Wildman–Crippen LogP) is 6.60. The highest BCUT2D eigenvalue weighted by molar-refractivity contribution is 6.04. The maximum absolute atomic E-state index is 14.1. The third kappa shape index (κ3) is 5.91. The van der Waals surface area contributed by atoms with Gasteiger partial charge in [-0.15, -0.1) is 0 Å². The highest BCUT2D eigenvalue weighted by Gasteiger charge is 2.42. The number of esters is 1. The van der Waals surface area contributed by atoms with E-state index in [0.29, 0.717) is 53.5 Å². The summed E-state index contributed by atoms with van der Waals surface area (Å²) in [5, 5.41) is 3.42. The van der Waals surface area contributed by atoms with Crippen molar-refractivity contribution in [3.8, 4) is 17.2 Å². The smallest absolute Gasteiger partial charge is 0.337 e. The minimum absolute atomic E-state index is 0.0197. The van der Waals surface area contributed by atoms with Crippen LogP contribution < -0.4 is 19.5 Å². The number of hydrogen-bond donors (Lipinski definition) is 1. The minimum atomic E-state index is -0.627.